The summed E-state index contributed by atoms with van der Waals surface area (Å²) in [6.07, 6.45) is 4.32. The molecule has 0 saturated carbocycles. The van der Waals surface area contributed by atoms with Crippen molar-refractivity contribution >= 4 is 5.91 Å². The zero-order valence-electron chi connectivity index (χ0n) is 13.1. The summed E-state index contributed by atoms with van der Waals surface area (Å²) in [6.45, 7) is 2.42. The summed E-state index contributed by atoms with van der Waals surface area (Å²) in [5, 5.41) is 7.08. The van der Waals surface area contributed by atoms with Gasteiger partial charge in [-0.3, -0.25) is 4.79 Å². The van der Waals surface area contributed by atoms with Gasteiger partial charge in [0.2, 0.25) is 5.91 Å². The van der Waals surface area contributed by atoms with Crippen LogP contribution in [0.3, 0.4) is 0 Å². The molecule has 23 heavy (non-hydrogen) atoms. The van der Waals surface area contributed by atoms with Crippen molar-refractivity contribution in [3.8, 4) is 5.69 Å². The number of nitrogens with one attached hydrogen (secondary N) is 1. The second-order valence-corrected chi connectivity index (χ2v) is 5.72. The van der Waals surface area contributed by atoms with Gasteiger partial charge in [0.25, 0.3) is 0 Å². The second kappa shape index (κ2) is 6.89. The van der Waals surface area contributed by atoms with Gasteiger partial charge >= 0.3 is 0 Å². The fourth-order valence-electron chi connectivity index (χ4n) is 2.72. The number of nitrogens with zero attached hydrogens (tertiary/aromatic N) is 3. The average molecular weight is 315 g/mol. The van der Waals surface area contributed by atoms with E-state index in [0.29, 0.717) is 6.54 Å². The van der Waals surface area contributed by atoms with Crippen LogP contribution >= 0.6 is 0 Å². The van der Waals surface area contributed by atoms with Gasteiger partial charge in [0.05, 0.1) is 17.8 Å². The maximum absolute atomic E-state index is 12.2. The van der Waals surface area contributed by atoms with Gasteiger partial charge in [0, 0.05) is 6.54 Å². The third kappa shape index (κ3) is 3.57. The topological polar surface area (TPSA) is 95.1 Å². The van der Waals surface area contributed by atoms with Gasteiger partial charge in [-0.15, -0.1) is 0 Å². The minimum atomic E-state index is -0.388. The fraction of sp³-hybridized carbons (Fsp3) is 0.438. The third-order valence-corrected chi connectivity index (χ3v) is 4.10. The summed E-state index contributed by atoms with van der Waals surface area (Å²) in [7, 11) is 0. The van der Waals surface area contributed by atoms with Gasteiger partial charge in [-0.05, 0) is 37.5 Å². The Bertz CT molecular complexity index is 641. The Labute approximate surface area is 134 Å². The van der Waals surface area contributed by atoms with Gasteiger partial charge in [0.15, 0.2) is 0 Å². The molecule has 2 aromatic rings. The summed E-state index contributed by atoms with van der Waals surface area (Å²) in [4.78, 5) is 16.2. The van der Waals surface area contributed by atoms with Gasteiger partial charge in [0.1, 0.15) is 18.8 Å². The Morgan fingerprint density at radius 3 is 2.83 bits per heavy atom. The van der Waals surface area contributed by atoms with E-state index in [-0.39, 0.29) is 24.2 Å². The number of carbonyl (C=O) groups is 1. The molecule has 7 heteroatoms. The molecule has 7 nitrogen and oxygen atoms in total. The Balaban J connectivity index is 1.60. The smallest absolute Gasteiger partial charge is 0.249 e. The molecule has 122 valence electrons. The molecule has 1 unspecified atom stereocenters. The lowest BCUT2D eigenvalue weighted by molar-refractivity contribution is -0.132. The average Bonchev–Trinajstić information content (AvgIpc) is 3.26. The van der Waals surface area contributed by atoms with Crippen molar-refractivity contribution in [3.63, 3.8) is 0 Å². The SMILES string of the molecule is CC(NC(=O)[C@@H]1CC[C@H](CN)O1)c1ccc(-n2cncn2)cc1. The normalized spacial score (nSPS) is 22.0. The molecule has 1 aliphatic heterocycles. The summed E-state index contributed by atoms with van der Waals surface area (Å²) in [5.74, 6) is -0.0752. The summed E-state index contributed by atoms with van der Waals surface area (Å²) in [6, 6.07) is 7.75. The number of amides is 1. The standard InChI is InChI=1S/C16H21N5O2/c1-11(20-16(22)15-7-6-14(8-17)23-15)12-2-4-13(5-3-12)21-10-18-9-19-21/h2-5,9-11,14-15H,6-8,17H2,1H3,(H,20,22)/t11?,14-,15+/m1/s1. The third-order valence-electron chi connectivity index (χ3n) is 4.10. The van der Waals surface area contributed by atoms with Crippen LogP contribution in [0, 0.1) is 0 Å². The molecule has 3 rings (SSSR count). The van der Waals surface area contributed by atoms with Crippen molar-refractivity contribution in [1.29, 1.82) is 0 Å². The van der Waals surface area contributed by atoms with Crippen molar-refractivity contribution in [1.82, 2.24) is 20.1 Å². The first kappa shape index (κ1) is 15.6. The number of hydrogen-bond donors (Lipinski definition) is 2. The van der Waals surface area contributed by atoms with Crippen LogP contribution in [-0.2, 0) is 9.53 Å². The molecule has 1 saturated heterocycles. The molecule has 0 aliphatic carbocycles. The summed E-state index contributed by atoms with van der Waals surface area (Å²) < 4.78 is 7.31. The fourth-order valence-corrected chi connectivity index (χ4v) is 2.72. The van der Waals surface area contributed by atoms with Crippen LogP contribution in [0.15, 0.2) is 36.9 Å². The van der Waals surface area contributed by atoms with E-state index in [9.17, 15) is 4.79 Å². The van der Waals surface area contributed by atoms with Crippen LogP contribution in [0.5, 0.6) is 0 Å². The molecule has 0 bridgehead atoms. The maximum atomic E-state index is 12.2. The van der Waals surface area contributed by atoms with Gasteiger partial charge < -0.3 is 15.8 Å². The number of benzene rings is 1. The summed E-state index contributed by atoms with van der Waals surface area (Å²) >= 11 is 0. The maximum Gasteiger partial charge on any atom is 0.249 e. The quantitative estimate of drug-likeness (QED) is 0.856. The van der Waals surface area contributed by atoms with Gasteiger partial charge in [-0.1, -0.05) is 12.1 Å². The van der Waals surface area contributed by atoms with Crippen molar-refractivity contribution in [2.24, 2.45) is 5.73 Å². The lowest BCUT2D eigenvalue weighted by atomic mass is 10.1. The Morgan fingerprint density at radius 2 is 2.22 bits per heavy atom. The van der Waals surface area contributed by atoms with E-state index in [0.717, 1.165) is 24.1 Å². The molecule has 1 amide bonds. The van der Waals surface area contributed by atoms with E-state index in [1.807, 2.05) is 31.2 Å². The lowest BCUT2D eigenvalue weighted by Gasteiger charge is -2.18. The number of rotatable bonds is 5. The van der Waals surface area contributed by atoms with E-state index in [2.05, 4.69) is 15.4 Å². The predicted molar refractivity (Wildman–Crippen MR) is 84.9 cm³/mol. The minimum absolute atomic E-state index is 0.00280. The molecule has 3 N–H and O–H groups in total. The molecular weight excluding hydrogens is 294 g/mol. The largest absolute Gasteiger partial charge is 0.364 e. The van der Waals surface area contributed by atoms with Crippen LogP contribution in [0.1, 0.15) is 31.4 Å². The number of ether oxygens (including phenoxy) is 1. The van der Waals surface area contributed by atoms with Gasteiger partial charge in [-0.2, -0.15) is 5.10 Å². The number of aromatic nitrogens is 3. The molecule has 1 fully saturated rings. The van der Waals surface area contributed by atoms with E-state index in [4.69, 9.17) is 10.5 Å². The van der Waals surface area contributed by atoms with Gasteiger partial charge in [-0.25, -0.2) is 9.67 Å². The molecule has 0 spiro atoms. The molecular formula is C16H21N5O2. The predicted octanol–water partition coefficient (Wildman–Crippen LogP) is 0.951. The van der Waals surface area contributed by atoms with Crippen LogP contribution in [0.4, 0.5) is 0 Å². The zero-order chi connectivity index (χ0) is 16.2. The van der Waals surface area contributed by atoms with Crippen LogP contribution in [0.2, 0.25) is 0 Å². The summed E-state index contributed by atoms with van der Waals surface area (Å²) in [5.41, 5.74) is 7.52. The second-order valence-electron chi connectivity index (χ2n) is 5.72. The molecule has 0 radical (unpaired) electrons. The Morgan fingerprint density at radius 1 is 1.43 bits per heavy atom. The first-order chi connectivity index (χ1) is 11.2. The Kier molecular flexibility index (Phi) is 4.68. The van der Waals surface area contributed by atoms with E-state index in [1.54, 1.807) is 11.0 Å². The highest BCUT2D eigenvalue weighted by molar-refractivity contribution is 5.81. The molecule has 2 heterocycles. The van der Waals surface area contributed by atoms with Crippen LogP contribution < -0.4 is 11.1 Å². The lowest BCUT2D eigenvalue weighted by Crippen LogP contribution is -2.37. The highest BCUT2D eigenvalue weighted by atomic mass is 16.5. The monoisotopic (exact) mass is 315 g/mol. The van der Waals surface area contributed by atoms with Crippen LogP contribution in [-0.4, -0.2) is 39.4 Å². The molecule has 1 aromatic carbocycles. The molecule has 3 atom stereocenters. The number of nitrogens with two attached hydrogens (primary N) is 1. The minimum Gasteiger partial charge on any atom is -0.364 e. The highest BCUT2D eigenvalue weighted by Crippen LogP contribution is 2.21. The first-order valence-electron chi connectivity index (χ1n) is 7.78. The van der Waals surface area contributed by atoms with E-state index in [1.165, 1.54) is 6.33 Å². The zero-order valence-corrected chi connectivity index (χ0v) is 13.1. The van der Waals surface area contributed by atoms with Crippen molar-refractivity contribution in [2.45, 2.75) is 38.0 Å². The highest BCUT2D eigenvalue weighted by Gasteiger charge is 2.30. The first-order valence-corrected chi connectivity index (χ1v) is 7.78. The van der Waals surface area contributed by atoms with E-state index < -0.39 is 0 Å². The Hall–Kier alpha value is -2.25. The molecule has 1 aliphatic rings. The van der Waals surface area contributed by atoms with E-state index >= 15 is 0 Å². The molecule has 1 aromatic heterocycles. The van der Waals surface area contributed by atoms with Crippen molar-refractivity contribution in [3.05, 3.63) is 42.5 Å². The van der Waals surface area contributed by atoms with Crippen molar-refractivity contribution in [2.75, 3.05) is 6.54 Å². The van der Waals surface area contributed by atoms with Crippen molar-refractivity contribution < 1.29 is 9.53 Å². The number of carbonyl (C=O) groups excluding carboxylic acids is 1. The number of hydrogen-bond acceptors (Lipinski definition) is 5. The van der Waals surface area contributed by atoms with Crippen LogP contribution in [0.25, 0.3) is 5.69 Å².